The first kappa shape index (κ1) is 24.0. The molecule has 0 saturated carbocycles. The molecule has 0 aromatic rings. The molecule has 0 bridgehead atoms. The number of epoxide rings is 2. The van der Waals surface area contributed by atoms with Crippen molar-refractivity contribution in [3.8, 4) is 0 Å². The van der Waals surface area contributed by atoms with Gasteiger partial charge in [-0.3, -0.25) is 0 Å². The molecular formula is C24H48O2. The van der Waals surface area contributed by atoms with Gasteiger partial charge in [0, 0.05) is 0 Å². The molecule has 0 aromatic carbocycles. The molecule has 0 amide bonds. The van der Waals surface area contributed by atoms with E-state index in [-0.39, 0.29) is 0 Å². The maximum Gasteiger partial charge on any atom is 0.0841 e. The fourth-order valence-corrected chi connectivity index (χ4v) is 3.74. The molecule has 4 atom stereocenters. The van der Waals surface area contributed by atoms with E-state index in [4.69, 9.17) is 9.47 Å². The lowest BCUT2D eigenvalue weighted by Crippen LogP contribution is -1.94. The molecule has 26 heavy (non-hydrogen) atoms. The summed E-state index contributed by atoms with van der Waals surface area (Å²) in [5, 5.41) is 0. The molecule has 2 heterocycles. The molecule has 0 aromatic heterocycles. The van der Waals surface area contributed by atoms with Crippen LogP contribution in [0.3, 0.4) is 0 Å². The molecule has 0 aliphatic carbocycles. The van der Waals surface area contributed by atoms with Gasteiger partial charge in [0.2, 0.25) is 0 Å². The van der Waals surface area contributed by atoms with E-state index in [1.54, 1.807) is 0 Å². The van der Waals surface area contributed by atoms with E-state index in [1.165, 1.54) is 103 Å². The summed E-state index contributed by atoms with van der Waals surface area (Å²) in [7, 11) is 0. The Morgan fingerprint density at radius 2 is 0.692 bits per heavy atom. The Balaban J connectivity index is 0.000000260. The van der Waals surface area contributed by atoms with E-state index in [0.29, 0.717) is 24.4 Å². The van der Waals surface area contributed by atoms with Crippen LogP contribution in [0.4, 0.5) is 0 Å². The van der Waals surface area contributed by atoms with Crippen LogP contribution in [0.15, 0.2) is 0 Å². The van der Waals surface area contributed by atoms with E-state index < -0.39 is 0 Å². The van der Waals surface area contributed by atoms with Crippen LogP contribution in [0.1, 0.15) is 130 Å². The largest absolute Gasteiger partial charge is 0.370 e. The summed E-state index contributed by atoms with van der Waals surface area (Å²) in [6, 6.07) is 0. The van der Waals surface area contributed by atoms with Crippen LogP contribution in [-0.2, 0) is 9.47 Å². The van der Waals surface area contributed by atoms with Crippen molar-refractivity contribution in [1.29, 1.82) is 0 Å². The molecule has 2 aliphatic rings. The number of hydrogen-bond donors (Lipinski definition) is 0. The van der Waals surface area contributed by atoms with Crippen LogP contribution in [0.2, 0.25) is 0 Å². The van der Waals surface area contributed by atoms with Gasteiger partial charge in [-0.15, -0.1) is 0 Å². The van der Waals surface area contributed by atoms with Gasteiger partial charge in [-0.2, -0.15) is 0 Å². The average molecular weight is 369 g/mol. The van der Waals surface area contributed by atoms with Crippen molar-refractivity contribution < 1.29 is 9.47 Å². The molecule has 0 spiro atoms. The molecule has 2 saturated heterocycles. The molecule has 0 radical (unpaired) electrons. The lowest BCUT2D eigenvalue weighted by Gasteiger charge is -1.96. The van der Waals surface area contributed by atoms with Crippen molar-refractivity contribution in [2.45, 2.75) is 155 Å². The quantitative estimate of drug-likeness (QED) is 0.205. The first-order valence-electron chi connectivity index (χ1n) is 12.1. The third-order valence-electron chi connectivity index (χ3n) is 5.74. The van der Waals surface area contributed by atoms with Crippen molar-refractivity contribution in [2.75, 3.05) is 0 Å². The zero-order valence-corrected chi connectivity index (χ0v) is 18.4. The summed E-state index contributed by atoms with van der Waals surface area (Å²) in [6.45, 7) is 9.02. The molecular weight excluding hydrogens is 320 g/mol. The Labute approximate surface area is 164 Å². The number of unbranched alkanes of at least 4 members (excludes halogenated alkanes) is 8. The Morgan fingerprint density at radius 1 is 0.385 bits per heavy atom. The van der Waals surface area contributed by atoms with Crippen molar-refractivity contribution in [1.82, 2.24) is 0 Å². The van der Waals surface area contributed by atoms with Crippen molar-refractivity contribution in [3.05, 3.63) is 0 Å². The zero-order chi connectivity index (χ0) is 19.0. The smallest absolute Gasteiger partial charge is 0.0841 e. The lowest BCUT2D eigenvalue weighted by atomic mass is 10.1. The van der Waals surface area contributed by atoms with E-state index in [2.05, 4.69) is 27.7 Å². The summed E-state index contributed by atoms with van der Waals surface area (Å²) in [5.41, 5.74) is 0. The topological polar surface area (TPSA) is 25.1 Å². The minimum absolute atomic E-state index is 0.640. The fraction of sp³-hybridized carbons (Fsp3) is 1.00. The van der Waals surface area contributed by atoms with Crippen molar-refractivity contribution in [2.24, 2.45) is 0 Å². The number of hydrogen-bond acceptors (Lipinski definition) is 2. The first-order valence-corrected chi connectivity index (χ1v) is 12.1. The highest BCUT2D eigenvalue weighted by Crippen LogP contribution is 2.32. The third-order valence-corrected chi connectivity index (χ3v) is 5.74. The molecule has 2 nitrogen and oxygen atoms in total. The molecule has 2 heteroatoms. The average Bonchev–Trinajstić information content (AvgIpc) is 3.56. The summed E-state index contributed by atoms with van der Waals surface area (Å²) < 4.78 is 11.2. The van der Waals surface area contributed by atoms with Gasteiger partial charge in [0.25, 0.3) is 0 Å². The van der Waals surface area contributed by atoms with Gasteiger partial charge in [-0.05, 0) is 25.7 Å². The van der Waals surface area contributed by atoms with E-state index in [1.807, 2.05) is 0 Å². The highest BCUT2D eigenvalue weighted by atomic mass is 16.6. The maximum atomic E-state index is 5.61. The Hall–Kier alpha value is -0.0800. The van der Waals surface area contributed by atoms with Gasteiger partial charge in [0.15, 0.2) is 0 Å². The third kappa shape index (κ3) is 12.3. The molecule has 2 aliphatic heterocycles. The van der Waals surface area contributed by atoms with Gasteiger partial charge < -0.3 is 9.47 Å². The molecule has 2 fully saturated rings. The summed E-state index contributed by atoms with van der Waals surface area (Å²) in [6.07, 6.45) is 24.1. The Kier molecular flexibility index (Phi) is 14.7. The van der Waals surface area contributed by atoms with Crippen LogP contribution in [0.25, 0.3) is 0 Å². The predicted molar refractivity (Wildman–Crippen MR) is 114 cm³/mol. The normalized spacial score (nSPS) is 26.3. The van der Waals surface area contributed by atoms with Gasteiger partial charge in [-0.25, -0.2) is 0 Å². The summed E-state index contributed by atoms with van der Waals surface area (Å²) in [4.78, 5) is 0. The highest BCUT2D eigenvalue weighted by molar-refractivity contribution is 4.84. The molecule has 156 valence electrons. The monoisotopic (exact) mass is 368 g/mol. The second-order valence-electron chi connectivity index (χ2n) is 8.41. The second kappa shape index (κ2) is 15.9. The van der Waals surface area contributed by atoms with E-state index in [9.17, 15) is 0 Å². The van der Waals surface area contributed by atoms with E-state index >= 15 is 0 Å². The van der Waals surface area contributed by atoms with Gasteiger partial charge >= 0.3 is 0 Å². The lowest BCUT2D eigenvalue weighted by molar-refractivity contribution is 0.348. The summed E-state index contributed by atoms with van der Waals surface area (Å²) in [5.74, 6) is 0. The molecule has 0 N–H and O–H groups in total. The standard InChI is InChI=1S/2C12H24O/c1-3-5-7-8-10-12-11(13-12)9-6-4-2;1-3-5-7-9-11-12(13-11)10-8-6-4-2/h2*11-12H,3-10H2,1-2H3. The number of rotatable bonds is 16. The molecule has 4 unspecified atom stereocenters. The number of ether oxygens (including phenoxy) is 2. The fourth-order valence-electron chi connectivity index (χ4n) is 3.74. The van der Waals surface area contributed by atoms with Crippen molar-refractivity contribution in [3.63, 3.8) is 0 Å². The van der Waals surface area contributed by atoms with Gasteiger partial charge in [0.1, 0.15) is 0 Å². The van der Waals surface area contributed by atoms with Crippen LogP contribution in [-0.4, -0.2) is 24.4 Å². The SMILES string of the molecule is CCCCCC1OC1CCCCC.CCCCCCC1OC1CCCC. The van der Waals surface area contributed by atoms with Gasteiger partial charge in [-0.1, -0.05) is 105 Å². The zero-order valence-electron chi connectivity index (χ0n) is 18.4. The van der Waals surface area contributed by atoms with Gasteiger partial charge in [0.05, 0.1) is 24.4 Å². The van der Waals surface area contributed by atoms with Crippen LogP contribution in [0.5, 0.6) is 0 Å². The second-order valence-corrected chi connectivity index (χ2v) is 8.41. The molecule has 2 rings (SSSR count). The van der Waals surface area contributed by atoms with Crippen molar-refractivity contribution >= 4 is 0 Å². The van der Waals surface area contributed by atoms with Crippen LogP contribution in [0, 0.1) is 0 Å². The van der Waals surface area contributed by atoms with Crippen LogP contribution >= 0.6 is 0 Å². The minimum atomic E-state index is 0.640. The maximum absolute atomic E-state index is 5.61. The minimum Gasteiger partial charge on any atom is -0.370 e. The van der Waals surface area contributed by atoms with E-state index in [0.717, 1.165) is 0 Å². The Bertz CT molecular complexity index is 291. The first-order chi connectivity index (χ1) is 12.8. The summed E-state index contributed by atoms with van der Waals surface area (Å²) >= 11 is 0. The Morgan fingerprint density at radius 3 is 1.08 bits per heavy atom. The highest BCUT2D eigenvalue weighted by Gasteiger charge is 2.37. The predicted octanol–water partition coefficient (Wildman–Crippen LogP) is 7.83. The van der Waals surface area contributed by atoms with Crippen LogP contribution < -0.4 is 0 Å².